The molecule has 18 nitrogen and oxygen atoms in total. The molecule has 4 aliphatic rings. The van der Waals surface area contributed by atoms with Gasteiger partial charge in [-0.25, -0.2) is 24.7 Å². The van der Waals surface area contributed by atoms with Crippen LogP contribution in [-0.2, 0) is 17.6 Å². The smallest absolute Gasteiger partial charge is 0.410 e. The monoisotopic (exact) mass is 982 g/mol. The number of carbonyl (C=O) groups excluding carboxylic acids is 5. The molecule has 10 rings (SSSR count). The molecule has 6 atom stereocenters. The number of nitrogens with one attached hydrogen (secondary N) is 5. The molecule has 0 spiro atoms. The molecule has 4 aromatic carbocycles. The highest BCUT2D eigenvalue weighted by molar-refractivity contribution is 5.99. The van der Waals surface area contributed by atoms with E-state index in [1.807, 2.05) is 63.2 Å². The molecule has 2 fully saturated rings. The predicted octanol–water partition coefficient (Wildman–Crippen LogP) is 5.73. The second-order valence-corrected chi connectivity index (χ2v) is 20.2. The molecule has 374 valence electrons. The van der Waals surface area contributed by atoms with Gasteiger partial charge < -0.3 is 47.7 Å². The van der Waals surface area contributed by atoms with Gasteiger partial charge >= 0.3 is 6.09 Å². The Morgan fingerprint density at radius 3 is 1.90 bits per heavy atom. The normalized spacial score (nSPS) is 20.9. The zero-order valence-electron chi connectivity index (χ0n) is 40.9. The molecule has 2 aliphatic carbocycles. The van der Waals surface area contributed by atoms with Crippen molar-refractivity contribution < 1.29 is 28.7 Å². The number of hydrogen-bond acceptors (Lipinski definition) is 13. The van der Waals surface area contributed by atoms with Crippen LogP contribution in [0.2, 0.25) is 0 Å². The Hall–Kier alpha value is -8.25. The van der Waals surface area contributed by atoms with Crippen LogP contribution in [0.4, 0.5) is 16.4 Å². The summed E-state index contributed by atoms with van der Waals surface area (Å²) in [6.45, 7) is 7.72. The van der Waals surface area contributed by atoms with Crippen LogP contribution in [0.5, 0.6) is 0 Å². The molecule has 4 heterocycles. The van der Waals surface area contributed by atoms with E-state index in [0.717, 1.165) is 42.5 Å². The molecule has 5 amide bonds. The highest BCUT2D eigenvalue weighted by Crippen LogP contribution is 2.38. The number of amides is 5. The van der Waals surface area contributed by atoms with Gasteiger partial charge in [-0.3, -0.25) is 19.2 Å². The standard InChI is InChI=1S/C55H58N12O6/c1-55(2,3)47-40(65-53(71)46-49(57)60-29-42(63-46)32-12-8-14-34(24-32)50(68)64-39-19-18-30-10-4-6-16-37(30)39)21-23-67(47)54(72)73-43-26-31-11-5-7-17-38(31)44(43)66-51(69)35-15-9-13-33(25-35)41-28-59-48(56)45(62-41)52(70)61-36-20-22-58-27-36/h4-17,24-25,28-29,36,39-40,43-44,47,58H,18-23,26-27H2,1-3H3,(H2,56,59)(H2,57,60)(H,61,70)(H,64,68)(H,65,71)(H,66,69)/t36-,39-,40-,43+,44-,47?/m0/s1. The van der Waals surface area contributed by atoms with Gasteiger partial charge in [0.1, 0.15) is 6.10 Å². The first-order valence-corrected chi connectivity index (χ1v) is 24.7. The number of carbonyl (C=O) groups is 5. The van der Waals surface area contributed by atoms with E-state index < -0.39 is 53.5 Å². The summed E-state index contributed by atoms with van der Waals surface area (Å²) in [7, 11) is 0. The Bertz CT molecular complexity index is 3130. The van der Waals surface area contributed by atoms with E-state index in [9.17, 15) is 24.0 Å². The summed E-state index contributed by atoms with van der Waals surface area (Å²) in [5.41, 5.74) is 18.5. The maximum absolute atomic E-state index is 14.4. The van der Waals surface area contributed by atoms with Crippen LogP contribution in [0.1, 0.15) is 116 Å². The number of nitrogens with zero attached hydrogens (tertiary/aromatic N) is 5. The third-order valence-electron chi connectivity index (χ3n) is 14.3. The molecule has 2 aromatic heterocycles. The van der Waals surface area contributed by atoms with Crippen molar-refractivity contribution in [2.75, 3.05) is 31.1 Å². The maximum Gasteiger partial charge on any atom is 0.410 e. The summed E-state index contributed by atoms with van der Waals surface area (Å²) in [5, 5.41) is 15.6. The lowest BCUT2D eigenvalue weighted by Gasteiger charge is -2.38. The number of aryl methyl sites for hydroxylation is 1. The molecular formula is C55H58N12O6. The fourth-order valence-electron chi connectivity index (χ4n) is 10.7. The number of fused-ring (bicyclic) bond motifs is 2. The Morgan fingerprint density at radius 1 is 0.671 bits per heavy atom. The molecule has 18 heteroatoms. The van der Waals surface area contributed by atoms with Crippen molar-refractivity contribution in [2.45, 2.75) is 89.2 Å². The Kier molecular flexibility index (Phi) is 13.3. The van der Waals surface area contributed by atoms with Crippen LogP contribution in [0, 0.1) is 5.41 Å². The first-order chi connectivity index (χ1) is 35.2. The molecule has 1 unspecified atom stereocenters. The second kappa shape index (κ2) is 20.1. The van der Waals surface area contributed by atoms with E-state index >= 15 is 0 Å². The number of likely N-dealkylation sites (tertiary alicyclic amines) is 1. The number of benzene rings is 4. The largest absolute Gasteiger partial charge is 0.443 e. The van der Waals surface area contributed by atoms with E-state index in [1.54, 1.807) is 53.4 Å². The summed E-state index contributed by atoms with van der Waals surface area (Å²) < 4.78 is 6.36. The van der Waals surface area contributed by atoms with Gasteiger partial charge in [0.2, 0.25) is 0 Å². The van der Waals surface area contributed by atoms with Crippen LogP contribution in [-0.4, -0.2) is 98.4 Å². The van der Waals surface area contributed by atoms with Crippen LogP contribution in [0.3, 0.4) is 0 Å². The van der Waals surface area contributed by atoms with Gasteiger partial charge in [-0.05, 0) is 84.2 Å². The topological polar surface area (TPSA) is 262 Å². The summed E-state index contributed by atoms with van der Waals surface area (Å²) in [5.74, 6) is -1.68. The molecule has 0 radical (unpaired) electrons. The Labute approximate surface area is 422 Å². The Morgan fingerprint density at radius 2 is 1.27 bits per heavy atom. The Balaban J connectivity index is 0.815. The van der Waals surface area contributed by atoms with E-state index in [0.29, 0.717) is 53.0 Å². The maximum atomic E-state index is 14.4. The lowest BCUT2D eigenvalue weighted by molar-refractivity contribution is 0.0299. The predicted molar refractivity (Wildman–Crippen MR) is 274 cm³/mol. The first-order valence-electron chi connectivity index (χ1n) is 24.7. The molecule has 73 heavy (non-hydrogen) atoms. The summed E-state index contributed by atoms with van der Waals surface area (Å²) >= 11 is 0. The summed E-state index contributed by atoms with van der Waals surface area (Å²) in [4.78, 5) is 88.7. The van der Waals surface area contributed by atoms with Crippen molar-refractivity contribution in [1.82, 2.24) is 51.4 Å². The first kappa shape index (κ1) is 48.4. The van der Waals surface area contributed by atoms with Gasteiger partial charge in [0.05, 0.1) is 47.9 Å². The number of ether oxygens (including phenoxy) is 1. The van der Waals surface area contributed by atoms with Crippen molar-refractivity contribution in [3.8, 4) is 22.5 Å². The number of hydrogen-bond donors (Lipinski definition) is 7. The molecule has 6 aromatic rings. The van der Waals surface area contributed by atoms with Gasteiger partial charge in [0.25, 0.3) is 23.6 Å². The minimum absolute atomic E-state index is 0.000395. The second-order valence-electron chi connectivity index (χ2n) is 20.2. The highest BCUT2D eigenvalue weighted by atomic mass is 16.6. The number of anilines is 2. The van der Waals surface area contributed by atoms with Crippen LogP contribution in [0.25, 0.3) is 22.5 Å². The van der Waals surface area contributed by atoms with Gasteiger partial charge in [-0.15, -0.1) is 0 Å². The van der Waals surface area contributed by atoms with Gasteiger partial charge in [0, 0.05) is 47.8 Å². The quantitative estimate of drug-likeness (QED) is 0.0820. The lowest BCUT2D eigenvalue weighted by atomic mass is 9.82. The SMILES string of the molecule is CC(C)(C)C1[C@@H](NC(=O)c2nc(-c3cccc(C(=O)N[C@H]4CCc5ccccc54)c3)cnc2N)CCN1C(=O)O[C@@H]1Cc2ccccc2[C@@H]1NC(=O)c1cccc(-c2cnc(N)c(C(=O)N[C@H]3CCNC3)n2)c1. The van der Waals surface area contributed by atoms with Crippen LogP contribution >= 0.6 is 0 Å². The van der Waals surface area contributed by atoms with E-state index in [1.165, 1.54) is 18.0 Å². The van der Waals surface area contributed by atoms with Crippen molar-refractivity contribution in [1.29, 1.82) is 0 Å². The molecule has 2 aliphatic heterocycles. The summed E-state index contributed by atoms with van der Waals surface area (Å²) in [6, 6.07) is 27.8. The van der Waals surface area contributed by atoms with Crippen molar-refractivity contribution in [2.24, 2.45) is 5.41 Å². The van der Waals surface area contributed by atoms with Gasteiger partial charge in [0.15, 0.2) is 23.0 Å². The molecule has 2 saturated heterocycles. The number of nitrogens with two attached hydrogens (primary N) is 2. The minimum Gasteiger partial charge on any atom is -0.443 e. The van der Waals surface area contributed by atoms with E-state index in [2.05, 4.69) is 52.6 Å². The molecular weight excluding hydrogens is 925 g/mol. The van der Waals surface area contributed by atoms with E-state index in [-0.39, 0.29) is 47.6 Å². The zero-order valence-corrected chi connectivity index (χ0v) is 40.9. The average molecular weight is 983 g/mol. The highest BCUT2D eigenvalue weighted by Gasteiger charge is 2.47. The van der Waals surface area contributed by atoms with Gasteiger partial charge in [-0.1, -0.05) is 93.6 Å². The third kappa shape index (κ3) is 10.2. The molecule has 0 bridgehead atoms. The minimum atomic E-state index is -0.757. The fraction of sp³-hybridized carbons (Fsp3) is 0.327. The number of aromatic nitrogens is 4. The van der Waals surface area contributed by atoms with Crippen molar-refractivity contribution >= 4 is 41.4 Å². The number of nitrogen functional groups attached to an aromatic ring is 2. The molecule has 9 N–H and O–H groups in total. The van der Waals surface area contributed by atoms with E-state index in [4.69, 9.17) is 16.2 Å². The van der Waals surface area contributed by atoms with Crippen molar-refractivity contribution in [3.05, 3.63) is 154 Å². The third-order valence-corrected chi connectivity index (χ3v) is 14.3. The van der Waals surface area contributed by atoms with Crippen LogP contribution in [0.15, 0.2) is 109 Å². The molecule has 0 saturated carbocycles. The fourth-order valence-corrected chi connectivity index (χ4v) is 10.7. The van der Waals surface area contributed by atoms with Gasteiger partial charge in [-0.2, -0.15) is 0 Å². The average Bonchev–Trinajstić information content (AvgIpc) is 4.22. The summed E-state index contributed by atoms with van der Waals surface area (Å²) in [6.07, 6.45) is 4.89. The number of rotatable bonds is 11. The lowest BCUT2D eigenvalue weighted by Crippen LogP contribution is -2.54. The van der Waals surface area contributed by atoms with Crippen molar-refractivity contribution in [3.63, 3.8) is 0 Å². The zero-order chi connectivity index (χ0) is 51.0. The van der Waals surface area contributed by atoms with Crippen LogP contribution < -0.4 is 38.1 Å².